The zero-order valence-corrected chi connectivity index (χ0v) is 12.3. The molecule has 18 heavy (non-hydrogen) atoms. The topological polar surface area (TPSA) is 6.48 Å². The smallest absolute Gasteiger partial charge is 0.0601 e. The first-order chi connectivity index (χ1) is 8.63. The molecule has 0 aromatic heterocycles. The van der Waals surface area contributed by atoms with Crippen molar-refractivity contribution in [3.8, 4) is 11.8 Å². The number of rotatable bonds is 3. The van der Waals surface area contributed by atoms with Crippen molar-refractivity contribution in [2.75, 3.05) is 39.3 Å². The fraction of sp³-hybridized carbons (Fsp3) is 0.875. The van der Waals surface area contributed by atoms with Gasteiger partial charge in [0.25, 0.3) is 0 Å². The molecule has 2 fully saturated rings. The van der Waals surface area contributed by atoms with Crippen LogP contribution < -0.4 is 0 Å². The van der Waals surface area contributed by atoms with Gasteiger partial charge in [0.2, 0.25) is 0 Å². The van der Waals surface area contributed by atoms with Crippen LogP contribution in [0, 0.1) is 23.2 Å². The number of hydrogen-bond acceptors (Lipinski definition) is 2. The van der Waals surface area contributed by atoms with Gasteiger partial charge in [-0.3, -0.25) is 4.90 Å². The van der Waals surface area contributed by atoms with Crippen molar-refractivity contribution < 1.29 is 0 Å². The van der Waals surface area contributed by atoms with Crippen molar-refractivity contribution in [3.05, 3.63) is 0 Å². The van der Waals surface area contributed by atoms with Crippen LogP contribution in [0.5, 0.6) is 0 Å². The molecule has 0 amide bonds. The lowest BCUT2D eigenvalue weighted by atomic mass is 9.72. The molecule has 0 saturated carbocycles. The summed E-state index contributed by atoms with van der Waals surface area (Å²) in [6.07, 6.45) is 3.76. The predicted octanol–water partition coefficient (Wildman–Crippen LogP) is 2.45. The van der Waals surface area contributed by atoms with E-state index in [0.29, 0.717) is 5.41 Å². The second-order valence-electron chi connectivity index (χ2n) is 6.55. The molecule has 0 aromatic rings. The summed E-state index contributed by atoms with van der Waals surface area (Å²) in [4.78, 5) is 5.16. The van der Waals surface area contributed by atoms with Crippen molar-refractivity contribution in [3.63, 3.8) is 0 Å². The zero-order chi connectivity index (χ0) is 13.0. The molecule has 102 valence electrons. The summed E-state index contributed by atoms with van der Waals surface area (Å²) in [6.45, 7) is 14.2. The van der Waals surface area contributed by atoms with E-state index >= 15 is 0 Å². The summed E-state index contributed by atoms with van der Waals surface area (Å²) >= 11 is 0. The van der Waals surface area contributed by atoms with Crippen LogP contribution in [0.25, 0.3) is 0 Å². The van der Waals surface area contributed by atoms with Gasteiger partial charge in [-0.2, -0.15) is 0 Å². The van der Waals surface area contributed by atoms with Crippen LogP contribution in [0.2, 0.25) is 0 Å². The minimum absolute atomic E-state index is 0.670. The van der Waals surface area contributed by atoms with E-state index in [-0.39, 0.29) is 0 Å². The van der Waals surface area contributed by atoms with E-state index in [1.807, 2.05) is 0 Å². The third-order valence-corrected chi connectivity index (χ3v) is 4.26. The Hall–Kier alpha value is -0.520. The van der Waals surface area contributed by atoms with E-state index in [0.717, 1.165) is 18.9 Å². The van der Waals surface area contributed by atoms with E-state index in [1.54, 1.807) is 0 Å². The maximum absolute atomic E-state index is 3.27. The minimum Gasteiger partial charge on any atom is -0.302 e. The third kappa shape index (κ3) is 3.49. The average molecular weight is 248 g/mol. The maximum atomic E-state index is 3.27. The van der Waals surface area contributed by atoms with E-state index in [1.165, 1.54) is 45.6 Å². The average Bonchev–Trinajstić information content (AvgIpc) is 2.29. The van der Waals surface area contributed by atoms with Crippen LogP contribution in [0.3, 0.4) is 0 Å². The Labute approximate surface area is 113 Å². The Balaban J connectivity index is 1.68. The lowest BCUT2D eigenvalue weighted by molar-refractivity contribution is -0.0492. The molecule has 2 nitrogen and oxygen atoms in total. The Morgan fingerprint density at radius 2 is 1.72 bits per heavy atom. The highest BCUT2D eigenvalue weighted by Crippen LogP contribution is 2.40. The van der Waals surface area contributed by atoms with Crippen LogP contribution in [0.15, 0.2) is 0 Å². The summed E-state index contributed by atoms with van der Waals surface area (Å²) in [7, 11) is 0. The van der Waals surface area contributed by atoms with Gasteiger partial charge >= 0.3 is 0 Å². The lowest BCUT2D eigenvalue weighted by Gasteiger charge is -2.54. The molecule has 1 spiro atoms. The molecule has 0 atom stereocenters. The van der Waals surface area contributed by atoms with Crippen LogP contribution in [-0.2, 0) is 0 Å². The van der Waals surface area contributed by atoms with E-state index in [9.17, 15) is 0 Å². The Morgan fingerprint density at radius 3 is 2.28 bits per heavy atom. The largest absolute Gasteiger partial charge is 0.302 e. The zero-order valence-electron chi connectivity index (χ0n) is 12.3. The molecule has 2 aliphatic heterocycles. The molecule has 0 unspecified atom stereocenters. The summed E-state index contributed by atoms with van der Waals surface area (Å²) < 4.78 is 0. The monoisotopic (exact) mass is 248 g/mol. The van der Waals surface area contributed by atoms with Crippen LogP contribution in [0.4, 0.5) is 0 Å². The highest BCUT2D eigenvalue weighted by Gasteiger charge is 2.44. The molecule has 0 bridgehead atoms. The highest BCUT2D eigenvalue weighted by molar-refractivity contribution is 5.03. The van der Waals surface area contributed by atoms with Crippen LogP contribution >= 0.6 is 0 Å². The number of nitrogens with zero attached hydrogens (tertiary/aromatic N) is 2. The summed E-state index contributed by atoms with van der Waals surface area (Å²) in [5.74, 6) is 7.25. The first-order valence-corrected chi connectivity index (χ1v) is 7.54. The SMILES string of the molecule is CCC#CCN1CCC2(CC1)CN(CC(C)C)C2. The predicted molar refractivity (Wildman–Crippen MR) is 77.5 cm³/mol. The van der Waals surface area contributed by atoms with E-state index in [4.69, 9.17) is 0 Å². The van der Waals surface area contributed by atoms with Gasteiger partial charge in [0.05, 0.1) is 6.54 Å². The minimum atomic E-state index is 0.670. The molecule has 0 aromatic carbocycles. The lowest BCUT2D eigenvalue weighted by Crippen LogP contribution is -2.60. The molecule has 2 heterocycles. The summed E-state index contributed by atoms with van der Waals surface area (Å²) in [5.41, 5.74) is 0.670. The van der Waals surface area contributed by atoms with Crippen molar-refractivity contribution >= 4 is 0 Å². The highest BCUT2D eigenvalue weighted by atomic mass is 15.2. The molecule has 2 heteroatoms. The molecule has 0 aliphatic carbocycles. The second kappa shape index (κ2) is 6.08. The molecule has 0 radical (unpaired) electrons. The molecular weight excluding hydrogens is 220 g/mol. The molecular formula is C16H28N2. The number of piperidine rings is 1. The van der Waals surface area contributed by atoms with Gasteiger partial charge in [-0.05, 0) is 37.3 Å². The summed E-state index contributed by atoms with van der Waals surface area (Å²) in [5, 5.41) is 0. The van der Waals surface area contributed by atoms with Gasteiger partial charge in [-0.25, -0.2) is 0 Å². The van der Waals surface area contributed by atoms with Gasteiger partial charge < -0.3 is 4.90 Å². The summed E-state index contributed by atoms with van der Waals surface area (Å²) in [6, 6.07) is 0. The number of likely N-dealkylation sites (tertiary alicyclic amines) is 2. The Kier molecular flexibility index (Phi) is 4.70. The van der Waals surface area contributed by atoms with Gasteiger partial charge in [0, 0.05) is 26.1 Å². The molecule has 2 rings (SSSR count). The van der Waals surface area contributed by atoms with Gasteiger partial charge in [0.15, 0.2) is 0 Å². The van der Waals surface area contributed by atoms with Crippen molar-refractivity contribution in [1.82, 2.24) is 9.80 Å². The van der Waals surface area contributed by atoms with E-state index in [2.05, 4.69) is 42.4 Å². The first-order valence-electron chi connectivity index (χ1n) is 7.54. The van der Waals surface area contributed by atoms with Gasteiger partial charge in [-0.1, -0.05) is 26.7 Å². The van der Waals surface area contributed by atoms with Crippen LogP contribution in [-0.4, -0.2) is 49.1 Å². The Bertz CT molecular complexity index is 308. The molecule has 0 N–H and O–H groups in total. The number of hydrogen-bond donors (Lipinski definition) is 0. The van der Waals surface area contributed by atoms with Crippen molar-refractivity contribution in [2.45, 2.75) is 40.0 Å². The second-order valence-corrected chi connectivity index (χ2v) is 6.55. The maximum Gasteiger partial charge on any atom is 0.0601 e. The fourth-order valence-electron chi connectivity index (χ4n) is 3.34. The van der Waals surface area contributed by atoms with E-state index < -0.39 is 0 Å². The fourth-order valence-corrected chi connectivity index (χ4v) is 3.34. The quantitative estimate of drug-likeness (QED) is 0.708. The third-order valence-electron chi connectivity index (χ3n) is 4.26. The normalized spacial score (nSPS) is 23.8. The van der Waals surface area contributed by atoms with Crippen LogP contribution in [0.1, 0.15) is 40.0 Å². The first kappa shape index (κ1) is 13.9. The van der Waals surface area contributed by atoms with Gasteiger partial charge in [0.1, 0.15) is 0 Å². The Morgan fingerprint density at radius 1 is 1.06 bits per heavy atom. The van der Waals surface area contributed by atoms with Crippen molar-refractivity contribution in [1.29, 1.82) is 0 Å². The molecule has 2 saturated heterocycles. The molecule has 2 aliphatic rings. The standard InChI is InChI=1S/C16H28N2/c1-4-5-6-9-17-10-7-16(8-11-17)13-18(14-16)12-15(2)3/h15H,4,7-14H2,1-3H3. The van der Waals surface area contributed by atoms with Crippen molar-refractivity contribution in [2.24, 2.45) is 11.3 Å². The van der Waals surface area contributed by atoms with Gasteiger partial charge in [-0.15, -0.1) is 5.92 Å².